The number of ether oxygens (including phenoxy) is 2. The number of carbonyl (C=O) groups is 1. The number of amidine groups is 1. The fraction of sp³-hybridized carbons (Fsp3) is 0.364. The summed E-state index contributed by atoms with van der Waals surface area (Å²) in [6.07, 6.45) is 0.219. The smallest absolute Gasteiger partial charge is 0.252 e. The van der Waals surface area contributed by atoms with Gasteiger partial charge in [-0.2, -0.15) is 4.99 Å². The molecule has 2 fully saturated rings. The molecule has 2 atom stereocenters. The Hall–Kier alpha value is -2.52. The van der Waals surface area contributed by atoms with Crippen LogP contribution in [-0.4, -0.2) is 54.0 Å². The molecule has 3 aliphatic heterocycles. The number of aryl methyl sites for hydroxylation is 1. The molecule has 0 bridgehead atoms. The molecular weight excluding hydrogens is 436 g/mol. The van der Waals surface area contributed by atoms with E-state index in [1.165, 1.54) is 11.8 Å². The third-order valence-corrected chi connectivity index (χ3v) is 8.87. The third-order valence-electron chi connectivity index (χ3n) is 5.62. The highest BCUT2D eigenvalue weighted by atomic mass is 32.2. The first-order valence-electron chi connectivity index (χ1n) is 10.1. The zero-order valence-corrected chi connectivity index (χ0v) is 18.6. The summed E-state index contributed by atoms with van der Waals surface area (Å²) < 4.78 is 35.3. The van der Waals surface area contributed by atoms with Gasteiger partial charge in [0.2, 0.25) is 6.79 Å². The Morgan fingerprint density at radius 2 is 1.97 bits per heavy atom. The quantitative estimate of drug-likeness (QED) is 0.696. The number of aliphatic imine (C=N–C) groups is 1. The molecule has 9 heteroatoms. The van der Waals surface area contributed by atoms with Crippen LogP contribution in [0.4, 0.5) is 0 Å². The number of amides is 1. The van der Waals surface area contributed by atoms with E-state index >= 15 is 0 Å². The number of nitrogens with zero attached hydrogens (tertiary/aromatic N) is 2. The van der Waals surface area contributed by atoms with Gasteiger partial charge in [0.1, 0.15) is 0 Å². The number of fused-ring (bicyclic) bond motifs is 2. The normalized spacial score (nSPS) is 24.5. The minimum absolute atomic E-state index is 0.0836. The summed E-state index contributed by atoms with van der Waals surface area (Å²) in [5.41, 5.74) is 2.97. The molecule has 0 spiro atoms. The standard InChI is InChI=1S/C22H22N2O5S2/c1-14-3-2-4-15(7-14)9-21(25)23-22-24(17-11-31(26,27)12-20(17)30-22)10-16-5-6-18-19(8-16)29-13-28-18/h2-8,17,20H,9-13H2,1H3/t17-,20+/m1/s1. The molecule has 0 unspecified atom stereocenters. The lowest BCUT2D eigenvalue weighted by atomic mass is 10.1. The minimum Gasteiger partial charge on any atom is -0.454 e. The highest BCUT2D eigenvalue weighted by molar-refractivity contribution is 8.15. The zero-order valence-electron chi connectivity index (χ0n) is 17.0. The molecular formula is C22H22N2O5S2. The van der Waals surface area contributed by atoms with Crippen molar-refractivity contribution in [2.75, 3.05) is 18.3 Å². The molecule has 2 aromatic rings. The molecule has 0 N–H and O–H groups in total. The van der Waals surface area contributed by atoms with E-state index in [1.54, 1.807) is 0 Å². The van der Waals surface area contributed by atoms with Gasteiger partial charge < -0.3 is 14.4 Å². The van der Waals surface area contributed by atoms with Crippen LogP contribution in [0.3, 0.4) is 0 Å². The predicted octanol–water partition coefficient (Wildman–Crippen LogP) is 2.56. The Labute approximate surface area is 185 Å². The van der Waals surface area contributed by atoms with E-state index in [0.717, 1.165) is 16.7 Å². The second-order valence-corrected chi connectivity index (χ2v) is 11.4. The summed E-state index contributed by atoms with van der Waals surface area (Å²) in [6.45, 7) is 2.64. The first kappa shape index (κ1) is 20.4. The van der Waals surface area contributed by atoms with Gasteiger partial charge in [0.15, 0.2) is 26.5 Å². The maximum absolute atomic E-state index is 12.7. The average Bonchev–Trinajstić information content (AvgIpc) is 3.35. The lowest BCUT2D eigenvalue weighted by Crippen LogP contribution is -2.37. The summed E-state index contributed by atoms with van der Waals surface area (Å²) in [5.74, 6) is 1.34. The first-order chi connectivity index (χ1) is 14.9. The molecule has 5 rings (SSSR count). The van der Waals surface area contributed by atoms with Crippen molar-refractivity contribution in [3.63, 3.8) is 0 Å². The number of benzene rings is 2. The second kappa shape index (κ2) is 7.87. The number of rotatable bonds is 4. The molecule has 2 aromatic carbocycles. The minimum atomic E-state index is -3.09. The fourth-order valence-corrected chi connectivity index (χ4v) is 8.17. The maximum atomic E-state index is 12.7. The summed E-state index contributed by atoms with van der Waals surface area (Å²) in [7, 11) is -3.09. The number of sulfone groups is 1. The van der Waals surface area contributed by atoms with E-state index in [4.69, 9.17) is 9.47 Å². The van der Waals surface area contributed by atoms with Crippen LogP contribution < -0.4 is 9.47 Å². The molecule has 3 heterocycles. The number of hydrogen-bond donors (Lipinski definition) is 0. The SMILES string of the molecule is Cc1cccc(CC(=O)N=C2S[C@H]3CS(=O)(=O)C[C@H]3N2Cc2ccc3c(c2)OCO3)c1. The highest BCUT2D eigenvalue weighted by Gasteiger charge is 2.48. The van der Waals surface area contributed by atoms with E-state index in [0.29, 0.717) is 23.2 Å². The predicted molar refractivity (Wildman–Crippen MR) is 119 cm³/mol. The van der Waals surface area contributed by atoms with Crippen molar-refractivity contribution in [3.05, 3.63) is 59.2 Å². The van der Waals surface area contributed by atoms with E-state index in [-0.39, 0.29) is 41.9 Å². The van der Waals surface area contributed by atoms with Gasteiger partial charge >= 0.3 is 0 Å². The van der Waals surface area contributed by atoms with E-state index < -0.39 is 9.84 Å². The Morgan fingerprint density at radius 1 is 1.13 bits per heavy atom. The lowest BCUT2D eigenvalue weighted by molar-refractivity contribution is -0.117. The van der Waals surface area contributed by atoms with Crippen molar-refractivity contribution in [2.45, 2.75) is 31.2 Å². The summed E-state index contributed by atoms with van der Waals surface area (Å²) in [4.78, 5) is 19.1. The van der Waals surface area contributed by atoms with Crippen molar-refractivity contribution in [2.24, 2.45) is 4.99 Å². The number of hydrogen-bond acceptors (Lipinski definition) is 6. The molecule has 1 amide bonds. The van der Waals surface area contributed by atoms with Crippen molar-refractivity contribution in [1.29, 1.82) is 0 Å². The van der Waals surface area contributed by atoms with Crippen molar-refractivity contribution in [3.8, 4) is 11.5 Å². The zero-order chi connectivity index (χ0) is 21.6. The van der Waals surface area contributed by atoms with Crippen LogP contribution in [0.1, 0.15) is 16.7 Å². The van der Waals surface area contributed by atoms with Crippen LogP contribution in [0.25, 0.3) is 0 Å². The van der Waals surface area contributed by atoms with Gasteiger partial charge in [-0.25, -0.2) is 8.42 Å². The molecule has 7 nitrogen and oxygen atoms in total. The lowest BCUT2D eigenvalue weighted by Gasteiger charge is -2.24. The van der Waals surface area contributed by atoms with Gasteiger partial charge in [-0.3, -0.25) is 4.79 Å². The Balaban J connectivity index is 1.40. The second-order valence-electron chi connectivity index (χ2n) is 8.07. The third kappa shape index (κ3) is 4.29. The monoisotopic (exact) mass is 458 g/mol. The van der Waals surface area contributed by atoms with Gasteiger partial charge in [0, 0.05) is 11.8 Å². The van der Waals surface area contributed by atoms with E-state index in [9.17, 15) is 13.2 Å². The first-order valence-corrected chi connectivity index (χ1v) is 12.8. The van der Waals surface area contributed by atoms with Crippen molar-refractivity contribution >= 4 is 32.7 Å². The fourth-order valence-electron chi connectivity index (χ4n) is 4.20. The molecule has 162 valence electrons. The Bertz CT molecular complexity index is 1180. The molecule has 0 radical (unpaired) electrons. The van der Waals surface area contributed by atoms with Crippen LogP contribution in [0.2, 0.25) is 0 Å². The summed E-state index contributed by atoms with van der Waals surface area (Å²) in [5, 5.41) is 0.491. The molecule has 0 aliphatic carbocycles. The summed E-state index contributed by atoms with van der Waals surface area (Å²) >= 11 is 1.40. The molecule has 0 saturated carbocycles. The van der Waals surface area contributed by atoms with Gasteiger partial charge in [-0.15, -0.1) is 0 Å². The van der Waals surface area contributed by atoms with Crippen molar-refractivity contribution in [1.82, 2.24) is 4.90 Å². The van der Waals surface area contributed by atoms with E-state index in [2.05, 4.69) is 4.99 Å². The Morgan fingerprint density at radius 3 is 2.81 bits per heavy atom. The van der Waals surface area contributed by atoms with Crippen LogP contribution in [0.15, 0.2) is 47.5 Å². The van der Waals surface area contributed by atoms with Gasteiger partial charge in [0.05, 0.1) is 24.0 Å². The van der Waals surface area contributed by atoms with E-state index in [1.807, 2.05) is 54.3 Å². The molecule has 3 aliphatic rings. The Kier molecular flexibility index (Phi) is 5.18. The average molecular weight is 459 g/mol. The van der Waals surface area contributed by atoms with Crippen LogP contribution >= 0.6 is 11.8 Å². The number of thioether (sulfide) groups is 1. The maximum Gasteiger partial charge on any atom is 0.252 e. The van der Waals surface area contributed by atoms with Crippen LogP contribution in [-0.2, 0) is 27.6 Å². The highest BCUT2D eigenvalue weighted by Crippen LogP contribution is 2.40. The van der Waals surface area contributed by atoms with Gasteiger partial charge in [-0.05, 0) is 30.2 Å². The van der Waals surface area contributed by atoms with Crippen molar-refractivity contribution < 1.29 is 22.7 Å². The molecule has 2 saturated heterocycles. The van der Waals surface area contributed by atoms with Crippen LogP contribution in [0, 0.1) is 6.92 Å². The van der Waals surface area contributed by atoms with Gasteiger partial charge in [0.25, 0.3) is 5.91 Å². The summed E-state index contributed by atoms with van der Waals surface area (Å²) in [6, 6.07) is 13.3. The topological polar surface area (TPSA) is 85.3 Å². The van der Waals surface area contributed by atoms with Crippen LogP contribution in [0.5, 0.6) is 11.5 Å². The van der Waals surface area contributed by atoms with Gasteiger partial charge in [-0.1, -0.05) is 47.7 Å². The molecule has 31 heavy (non-hydrogen) atoms. The largest absolute Gasteiger partial charge is 0.454 e. The molecule has 0 aromatic heterocycles. The number of carbonyl (C=O) groups excluding carboxylic acids is 1.